The van der Waals surface area contributed by atoms with E-state index < -0.39 is 0 Å². The van der Waals surface area contributed by atoms with Crippen LogP contribution < -0.4 is 14.8 Å². The Bertz CT molecular complexity index is 419. The molecule has 1 N–H and O–H groups in total. The fourth-order valence-electron chi connectivity index (χ4n) is 2.72. The number of rotatable bonds is 6. The quantitative estimate of drug-likeness (QED) is 0.839. The Kier molecular flexibility index (Phi) is 5.16. The molecule has 3 nitrogen and oxygen atoms in total. The van der Waals surface area contributed by atoms with Gasteiger partial charge in [0, 0.05) is 17.8 Å². The Morgan fingerprint density at radius 2 is 1.55 bits per heavy atom. The smallest absolute Gasteiger partial charge is 0.163 e. The van der Waals surface area contributed by atoms with Crippen molar-refractivity contribution < 1.29 is 9.47 Å². The lowest BCUT2D eigenvalue weighted by molar-refractivity contribution is 0.171. The minimum Gasteiger partial charge on any atom is -0.486 e. The summed E-state index contributed by atoms with van der Waals surface area (Å²) in [5.74, 6) is 3.10. The predicted molar refractivity (Wildman–Crippen MR) is 83.8 cm³/mol. The summed E-state index contributed by atoms with van der Waals surface area (Å²) in [4.78, 5) is 0. The van der Waals surface area contributed by atoms with Gasteiger partial charge in [-0.2, -0.15) is 0 Å². The number of anilines is 1. The molecule has 1 aromatic carbocycles. The Balaban J connectivity index is 2.05. The van der Waals surface area contributed by atoms with Gasteiger partial charge in [-0.25, -0.2) is 0 Å². The SMILES string of the molecule is CC(C)CC(CC(C)C)Nc1ccc2c(c1)OCCO2. The predicted octanol–water partition coefficient (Wildman–Crippen LogP) is 4.33. The van der Waals surface area contributed by atoms with E-state index in [0.717, 1.165) is 17.2 Å². The van der Waals surface area contributed by atoms with Gasteiger partial charge in [-0.1, -0.05) is 27.7 Å². The second kappa shape index (κ2) is 6.87. The van der Waals surface area contributed by atoms with Gasteiger partial charge in [-0.05, 0) is 36.8 Å². The lowest BCUT2D eigenvalue weighted by atomic mass is 9.95. The third-order valence-electron chi connectivity index (χ3n) is 3.42. The summed E-state index contributed by atoms with van der Waals surface area (Å²) in [7, 11) is 0. The van der Waals surface area contributed by atoms with Crippen molar-refractivity contribution in [2.45, 2.75) is 46.6 Å². The summed E-state index contributed by atoms with van der Waals surface area (Å²) < 4.78 is 11.2. The van der Waals surface area contributed by atoms with Crippen LogP contribution in [0.25, 0.3) is 0 Å². The fraction of sp³-hybridized carbons (Fsp3) is 0.647. The Hall–Kier alpha value is -1.38. The van der Waals surface area contributed by atoms with E-state index in [1.54, 1.807) is 0 Å². The van der Waals surface area contributed by atoms with Gasteiger partial charge in [0.1, 0.15) is 13.2 Å². The molecular weight excluding hydrogens is 250 g/mol. The molecular formula is C17H27NO2. The van der Waals surface area contributed by atoms with Gasteiger partial charge in [0.25, 0.3) is 0 Å². The minimum atomic E-state index is 0.512. The average Bonchev–Trinajstić information content (AvgIpc) is 2.37. The first-order chi connectivity index (χ1) is 9.54. The van der Waals surface area contributed by atoms with Gasteiger partial charge in [-0.15, -0.1) is 0 Å². The van der Waals surface area contributed by atoms with Crippen molar-refractivity contribution in [2.24, 2.45) is 11.8 Å². The first-order valence-electron chi connectivity index (χ1n) is 7.70. The van der Waals surface area contributed by atoms with Crippen LogP contribution in [0.3, 0.4) is 0 Å². The maximum atomic E-state index is 5.64. The molecule has 0 unspecified atom stereocenters. The van der Waals surface area contributed by atoms with Gasteiger partial charge in [0.2, 0.25) is 0 Å². The third kappa shape index (κ3) is 4.32. The molecule has 1 heterocycles. The molecule has 0 saturated carbocycles. The molecule has 0 saturated heterocycles. The van der Waals surface area contributed by atoms with Gasteiger partial charge in [0.15, 0.2) is 11.5 Å². The second-order valence-electron chi connectivity index (χ2n) is 6.46. The number of benzene rings is 1. The van der Waals surface area contributed by atoms with E-state index in [1.807, 2.05) is 6.07 Å². The van der Waals surface area contributed by atoms with Crippen LogP contribution in [0.4, 0.5) is 5.69 Å². The molecule has 0 bridgehead atoms. The molecule has 1 aliphatic rings. The van der Waals surface area contributed by atoms with E-state index in [9.17, 15) is 0 Å². The van der Waals surface area contributed by atoms with Crippen LogP contribution in [-0.4, -0.2) is 19.3 Å². The zero-order valence-corrected chi connectivity index (χ0v) is 13.1. The van der Waals surface area contributed by atoms with Crippen LogP contribution in [0.1, 0.15) is 40.5 Å². The molecule has 3 heteroatoms. The van der Waals surface area contributed by atoms with Gasteiger partial charge >= 0.3 is 0 Å². The van der Waals surface area contributed by atoms with E-state index in [0.29, 0.717) is 31.1 Å². The molecule has 0 aromatic heterocycles. The van der Waals surface area contributed by atoms with Crippen molar-refractivity contribution in [1.82, 2.24) is 0 Å². The van der Waals surface area contributed by atoms with Crippen molar-refractivity contribution in [1.29, 1.82) is 0 Å². The number of hydrogen-bond donors (Lipinski definition) is 1. The number of nitrogens with one attached hydrogen (secondary N) is 1. The summed E-state index contributed by atoms with van der Waals surface area (Å²) in [6, 6.07) is 6.65. The van der Waals surface area contributed by atoms with E-state index >= 15 is 0 Å². The Morgan fingerprint density at radius 3 is 2.15 bits per heavy atom. The first kappa shape index (κ1) is 15.0. The summed E-state index contributed by atoms with van der Waals surface area (Å²) in [6.45, 7) is 10.4. The van der Waals surface area contributed by atoms with Crippen LogP contribution in [0.15, 0.2) is 18.2 Å². The zero-order valence-electron chi connectivity index (χ0n) is 13.1. The topological polar surface area (TPSA) is 30.5 Å². The highest BCUT2D eigenvalue weighted by Crippen LogP contribution is 2.33. The standard InChI is InChI=1S/C17H27NO2/c1-12(2)9-15(10-13(3)4)18-14-5-6-16-17(11-14)20-8-7-19-16/h5-6,11-13,15,18H,7-10H2,1-4H3. The second-order valence-corrected chi connectivity index (χ2v) is 6.46. The van der Waals surface area contributed by atoms with Crippen molar-refractivity contribution in [3.63, 3.8) is 0 Å². The van der Waals surface area contributed by atoms with Crippen LogP contribution in [0.5, 0.6) is 11.5 Å². The van der Waals surface area contributed by atoms with Gasteiger partial charge in [0.05, 0.1) is 0 Å². The minimum absolute atomic E-state index is 0.512. The molecule has 0 atom stereocenters. The summed E-state index contributed by atoms with van der Waals surface area (Å²) >= 11 is 0. The van der Waals surface area contributed by atoms with E-state index in [1.165, 1.54) is 12.8 Å². The maximum absolute atomic E-state index is 5.64. The van der Waals surface area contributed by atoms with Crippen LogP contribution in [0.2, 0.25) is 0 Å². The molecule has 2 rings (SSSR count). The van der Waals surface area contributed by atoms with Crippen LogP contribution >= 0.6 is 0 Å². The highest BCUT2D eigenvalue weighted by molar-refractivity contribution is 5.55. The van der Waals surface area contributed by atoms with Crippen molar-refractivity contribution in [2.75, 3.05) is 18.5 Å². The molecule has 20 heavy (non-hydrogen) atoms. The normalized spacial score (nSPS) is 14.2. The lowest BCUT2D eigenvalue weighted by Gasteiger charge is -2.25. The van der Waals surface area contributed by atoms with Crippen molar-refractivity contribution in [3.8, 4) is 11.5 Å². The molecule has 0 fully saturated rings. The number of hydrogen-bond acceptors (Lipinski definition) is 3. The average molecular weight is 277 g/mol. The molecule has 112 valence electrons. The Labute approximate surface area is 122 Å². The van der Waals surface area contributed by atoms with Crippen LogP contribution in [0, 0.1) is 11.8 Å². The van der Waals surface area contributed by atoms with E-state index in [-0.39, 0.29) is 0 Å². The number of fused-ring (bicyclic) bond motifs is 1. The van der Waals surface area contributed by atoms with Crippen molar-refractivity contribution >= 4 is 5.69 Å². The zero-order chi connectivity index (χ0) is 14.5. The summed E-state index contributed by atoms with van der Waals surface area (Å²) in [5, 5.41) is 3.66. The molecule has 0 spiro atoms. The molecule has 0 amide bonds. The summed E-state index contributed by atoms with van der Waals surface area (Å²) in [6.07, 6.45) is 2.37. The van der Waals surface area contributed by atoms with Gasteiger partial charge < -0.3 is 14.8 Å². The number of ether oxygens (including phenoxy) is 2. The molecule has 0 aliphatic carbocycles. The largest absolute Gasteiger partial charge is 0.486 e. The highest BCUT2D eigenvalue weighted by atomic mass is 16.6. The maximum Gasteiger partial charge on any atom is 0.163 e. The summed E-state index contributed by atoms with van der Waals surface area (Å²) in [5.41, 5.74) is 1.13. The highest BCUT2D eigenvalue weighted by Gasteiger charge is 2.15. The monoisotopic (exact) mass is 277 g/mol. The Morgan fingerprint density at radius 1 is 0.950 bits per heavy atom. The third-order valence-corrected chi connectivity index (χ3v) is 3.42. The van der Waals surface area contributed by atoms with E-state index in [4.69, 9.17) is 9.47 Å². The van der Waals surface area contributed by atoms with E-state index in [2.05, 4.69) is 45.1 Å². The molecule has 0 radical (unpaired) electrons. The molecule has 1 aromatic rings. The van der Waals surface area contributed by atoms with Crippen molar-refractivity contribution in [3.05, 3.63) is 18.2 Å². The fourth-order valence-corrected chi connectivity index (χ4v) is 2.72. The van der Waals surface area contributed by atoms with Crippen LogP contribution in [-0.2, 0) is 0 Å². The molecule has 1 aliphatic heterocycles. The van der Waals surface area contributed by atoms with Gasteiger partial charge in [-0.3, -0.25) is 0 Å². The lowest BCUT2D eigenvalue weighted by Crippen LogP contribution is -2.24. The first-order valence-corrected chi connectivity index (χ1v) is 7.70.